The number of hydrogen-bond acceptors (Lipinski definition) is 3. The van der Waals surface area contributed by atoms with Crippen LogP contribution in [0.25, 0.3) is 0 Å². The molecule has 0 aromatic rings. The Morgan fingerprint density at radius 2 is 1.80 bits per heavy atom. The van der Waals surface area contributed by atoms with E-state index >= 15 is 0 Å². The molecule has 0 unspecified atom stereocenters. The highest BCUT2D eigenvalue weighted by atomic mass is 16.4. The standard InChI is InChI=1S/C3H7NO.C2H4O3/c1-4(2)3-5;3-1-2(4)5/h3H,1-2H3;3H,1H2,(H,4,5). The maximum atomic E-state index is 9.43. The third kappa shape index (κ3) is 28.6. The van der Waals surface area contributed by atoms with Crippen LogP contribution >= 0.6 is 0 Å². The van der Waals surface area contributed by atoms with Crippen molar-refractivity contribution in [2.75, 3.05) is 20.7 Å². The number of carbonyl (C=O) groups excluding carboxylic acids is 1. The van der Waals surface area contributed by atoms with Gasteiger partial charge in [-0.25, -0.2) is 4.79 Å². The van der Waals surface area contributed by atoms with Crippen molar-refractivity contribution in [3.63, 3.8) is 0 Å². The van der Waals surface area contributed by atoms with Crippen molar-refractivity contribution in [1.82, 2.24) is 4.90 Å². The van der Waals surface area contributed by atoms with Gasteiger partial charge in [-0.2, -0.15) is 0 Å². The first-order chi connectivity index (χ1) is 4.54. The highest BCUT2D eigenvalue weighted by Gasteiger charge is 1.82. The molecule has 0 bridgehead atoms. The molecule has 2 N–H and O–H groups in total. The predicted octanol–water partition coefficient (Wildman–Crippen LogP) is -1.23. The van der Waals surface area contributed by atoms with Gasteiger partial charge < -0.3 is 15.1 Å². The molecule has 0 fully saturated rings. The molecule has 0 saturated carbocycles. The van der Waals surface area contributed by atoms with E-state index in [0.29, 0.717) is 0 Å². The van der Waals surface area contributed by atoms with Crippen LogP contribution in [0.4, 0.5) is 0 Å². The first-order valence-corrected chi connectivity index (χ1v) is 2.49. The molecule has 0 atom stereocenters. The van der Waals surface area contributed by atoms with Crippen LogP contribution in [0.5, 0.6) is 0 Å². The monoisotopic (exact) mass is 149 g/mol. The van der Waals surface area contributed by atoms with Gasteiger partial charge >= 0.3 is 5.97 Å². The smallest absolute Gasteiger partial charge is 0.329 e. The highest BCUT2D eigenvalue weighted by Crippen LogP contribution is 1.52. The van der Waals surface area contributed by atoms with Gasteiger partial charge in [0.25, 0.3) is 0 Å². The number of rotatable bonds is 2. The summed E-state index contributed by atoms with van der Waals surface area (Å²) >= 11 is 0. The summed E-state index contributed by atoms with van der Waals surface area (Å²) in [5.74, 6) is -1.19. The summed E-state index contributed by atoms with van der Waals surface area (Å²) < 4.78 is 0. The number of nitrogens with zero attached hydrogens (tertiary/aromatic N) is 1. The lowest BCUT2D eigenvalue weighted by Crippen LogP contribution is -2.06. The van der Waals surface area contributed by atoms with Crippen LogP contribution in [-0.4, -0.2) is 48.2 Å². The number of aliphatic hydroxyl groups excluding tert-OH is 1. The summed E-state index contributed by atoms with van der Waals surface area (Å²) in [5.41, 5.74) is 0. The van der Waals surface area contributed by atoms with Gasteiger partial charge in [0.1, 0.15) is 6.61 Å². The quantitative estimate of drug-likeness (QED) is 0.482. The Labute approximate surface area is 58.9 Å². The summed E-state index contributed by atoms with van der Waals surface area (Å²) in [6.45, 7) is -0.778. The Morgan fingerprint density at radius 3 is 1.80 bits per heavy atom. The molecule has 60 valence electrons. The molecule has 0 aliphatic heterocycles. The minimum Gasteiger partial charge on any atom is -0.480 e. The van der Waals surface area contributed by atoms with Crippen molar-refractivity contribution in [2.24, 2.45) is 0 Å². The van der Waals surface area contributed by atoms with Gasteiger partial charge in [0, 0.05) is 14.1 Å². The molecule has 0 aromatic carbocycles. The van der Waals surface area contributed by atoms with Crippen molar-refractivity contribution in [3.05, 3.63) is 0 Å². The molecule has 5 nitrogen and oxygen atoms in total. The molecule has 0 heterocycles. The first-order valence-electron chi connectivity index (χ1n) is 2.49. The van der Waals surface area contributed by atoms with E-state index in [1.165, 1.54) is 4.90 Å². The van der Waals surface area contributed by atoms with Crippen molar-refractivity contribution in [1.29, 1.82) is 0 Å². The van der Waals surface area contributed by atoms with Crippen molar-refractivity contribution >= 4 is 12.4 Å². The summed E-state index contributed by atoms with van der Waals surface area (Å²) in [6.07, 6.45) is 0.750. The van der Waals surface area contributed by atoms with Crippen LogP contribution in [-0.2, 0) is 9.59 Å². The number of carbonyl (C=O) groups is 2. The SMILES string of the molecule is CN(C)C=O.O=C(O)CO. The number of amides is 1. The minimum atomic E-state index is -1.19. The van der Waals surface area contributed by atoms with Gasteiger partial charge in [-0.3, -0.25) is 4.79 Å². The molecule has 0 aromatic heterocycles. The Morgan fingerprint density at radius 1 is 1.60 bits per heavy atom. The van der Waals surface area contributed by atoms with Crippen LogP contribution < -0.4 is 0 Å². The van der Waals surface area contributed by atoms with Crippen LogP contribution in [0.3, 0.4) is 0 Å². The summed E-state index contributed by atoms with van der Waals surface area (Å²) in [7, 11) is 3.38. The average molecular weight is 149 g/mol. The fourth-order valence-corrected chi connectivity index (χ4v) is 0. The Balaban J connectivity index is 0. The fourth-order valence-electron chi connectivity index (χ4n) is 0. The Kier molecular flexibility index (Phi) is 9.22. The molecular formula is C5H11NO4. The summed E-state index contributed by atoms with van der Waals surface area (Å²) in [4.78, 5) is 20.0. The predicted molar refractivity (Wildman–Crippen MR) is 34.5 cm³/mol. The van der Waals surface area contributed by atoms with Gasteiger partial charge in [-0.1, -0.05) is 0 Å². The largest absolute Gasteiger partial charge is 0.480 e. The van der Waals surface area contributed by atoms with E-state index in [4.69, 9.17) is 15.0 Å². The van der Waals surface area contributed by atoms with Crippen molar-refractivity contribution in [3.8, 4) is 0 Å². The fraction of sp³-hybridized carbons (Fsp3) is 0.600. The topological polar surface area (TPSA) is 77.8 Å². The second kappa shape index (κ2) is 7.90. The van der Waals surface area contributed by atoms with E-state index in [2.05, 4.69) is 0 Å². The lowest BCUT2D eigenvalue weighted by Gasteiger charge is -1.93. The van der Waals surface area contributed by atoms with E-state index in [1.54, 1.807) is 14.1 Å². The van der Waals surface area contributed by atoms with E-state index in [-0.39, 0.29) is 0 Å². The van der Waals surface area contributed by atoms with Gasteiger partial charge in [-0.05, 0) is 0 Å². The number of carboxylic acids is 1. The zero-order valence-electron chi connectivity index (χ0n) is 5.94. The van der Waals surface area contributed by atoms with Crippen LogP contribution in [0, 0.1) is 0 Å². The number of hydrogen-bond donors (Lipinski definition) is 2. The molecule has 0 spiro atoms. The van der Waals surface area contributed by atoms with Gasteiger partial charge in [0.2, 0.25) is 6.41 Å². The second-order valence-electron chi connectivity index (χ2n) is 1.62. The van der Waals surface area contributed by atoms with Gasteiger partial charge in [0.15, 0.2) is 0 Å². The first kappa shape index (κ1) is 11.7. The van der Waals surface area contributed by atoms with Gasteiger partial charge in [0.05, 0.1) is 0 Å². The molecule has 10 heavy (non-hydrogen) atoms. The number of carboxylic acid groups (broad SMARTS) is 1. The van der Waals surface area contributed by atoms with Crippen LogP contribution in [0.2, 0.25) is 0 Å². The maximum absolute atomic E-state index is 9.43. The van der Waals surface area contributed by atoms with Crippen LogP contribution in [0.15, 0.2) is 0 Å². The van der Waals surface area contributed by atoms with E-state index in [0.717, 1.165) is 6.41 Å². The minimum absolute atomic E-state index is 0.750. The van der Waals surface area contributed by atoms with E-state index in [1.807, 2.05) is 0 Å². The third-order valence-electron chi connectivity index (χ3n) is 0.346. The molecule has 1 amide bonds. The summed E-state index contributed by atoms with van der Waals surface area (Å²) in [6, 6.07) is 0. The highest BCUT2D eigenvalue weighted by molar-refractivity contribution is 5.67. The molecule has 0 saturated heterocycles. The van der Waals surface area contributed by atoms with Crippen LogP contribution in [0.1, 0.15) is 0 Å². The normalized spacial score (nSPS) is 7.10. The Bertz CT molecular complexity index is 102. The van der Waals surface area contributed by atoms with Crippen molar-refractivity contribution in [2.45, 2.75) is 0 Å². The third-order valence-corrected chi connectivity index (χ3v) is 0.346. The average Bonchev–Trinajstić information content (AvgIpc) is 1.89. The molecular weight excluding hydrogens is 138 g/mol. The lowest BCUT2D eigenvalue weighted by atomic mass is 10.8. The lowest BCUT2D eigenvalue weighted by molar-refractivity contribution is -0.140. The van der Waals surface area contributed by atoms with Gasteiger partial charge in [-0.15, -0.1) is 0 Å². The van der Waals surface area contributed by atoms with E-state index in [9.17, 15) is 4.79 Å². The molecule has 0 aliphatic rings. The van der Waals surface area contributed by atoms with E-state index < -0.39 is 12.6 Å². The number of aliphatic hydroxyl groups is 1. The zero-order valence-corrected chi connectivity index (χ0v) is 5.94. The summed E-state index contributed by atoms with van der Waals surface area (Å²) in [5, 5.41) is 15.0. The molecule has 5 heteroatoms. The molecule has 0 radical (unpaired) electrons. The maximum Gasteiger partial charge on any atom is 0.329 e. The number of aliphatic carboxylic acids is 1. The van der Waals surface area contributed by atoms with Crippen molar-refractivity contribution < 1.29 is 19.8 Å². The molecule has 0 rings (SSSR count). The molecule has 0 aliphatic carbocycles. The Hall–Kier alpha value is -1.10. The zero-order chi connectivity index (χ0) is 8.57. The second-order valence-corrected chi connectivity index (χ2v) is 1.62.